The topological polar surface area (TPSA) is 86.5 Å². The van der Waals surface area contributed by atoms with Crippen molar-refractivity contribution in [3.05, 3.63) is 36.0 Å². The van der Waals surface area contributed by atoms with Gasteiger partial charge in [-0.1, -0.05) is 39.0 Å². The van der Waals surface area contributed by atoms with Gasteiger partial charge in [0.15, 0.2) is 5.72 Å². The van der Waals surface area contributed by atoms with E-state index < -0.39 is 17.2 Å². The Balaban J connectivity index is 2.18. The number of rotatable bonds is 2. The first kappa shape index (κ1) is 17.0. The molecule has 6 heteroatoms. The Morgan fingerprint density at radius 3 is 2.76 bits per heavy atom. The second-order valence-corrected chi connectivity index (χ2v) is 7.32. The first-order valence-electron chi connectivity index (χ1n) is 8.28. The number of likely N-dealkylation sites (tertiary alicyclic amines) is 1. The van der Waals surface area contributed by atoms with Crippen molar-refractivity contribution >= 4 is 16.9 Å². The maximum atomic E-state index is 11.8. The van der Waals surface area contributed by atoms with Gasteiger partial charge in [-0.25, -0.2) is 9.78 Å². The van der Waals surface area contributed by atoms with Gasteiger partial charge in [-0.05, 0) is 23.9 Å². The van der Waals surface area contributed by atoms with E-state index in [1.54, 1.807) is 6.07 Å². The molecule has 1 aromatic heterocycles. The molecule has 0 aliphatic carbocycles. The third kappa shape index (κ3) is 2.76. The highest BCUT2D eigenvalue weighted by Gasteiger charge is 2.54. The maximum Gasteiger partial charge on any atom is 0.410 e. The molecule has 25 heavy (non-hydrogen) atoms. The molecule has 1 amide bonds. The fourth-order valence-corrected chi connectivity index (χ4v) is 3.54. The standard InChI is InChI=1S/C19H21N3O3/c1-18(2,3)19(9-6-10-22(19)17(23)24)25-16-15-8-5-4-7-13(15)11-14(12-20)21-16/h4-5,7-8,11H,6,9-10H2,1-3H3,(H,23,24). The molecule has 1 aliphatic rings. The fraction of sp³-hybridized carbons (Fsp3) is 0.421. The summed E-state index contributed by atoms with van der Waals surface area (Å²) in [5, 5.41) is 20.6. The molecule has 130 valence electrons. The van der Waals surface area contributed by atoms with Crippen LogP contribution in [-0.2, 0) is 0 Å². The molecule has 3 rings (SSSR count). The van der Waals surface area contributed by atoms with Gasteiger partial charge in [0.05, 0.1) is 0 Å². The zero-order valence-electron chi connectivity index (χ0n) is 14.6. The lowest BCUT2D eigenvalue weighted by Gasteiger charge is -2.46. The Morgan fingerprint density at radius 2 is 2.12 bits per heavy atom. The van der Waals surface area contributed by atoms with Crippen LogP contribution in [0.3, 0.4) is 0 Å². The quantitative estimate of drug-likeness (QED) is 0.893. The van der Waals surface area contributed by atoms with E-state index in [4.69, 9.17) is 4.74 Å². The molecule has 2 heterocycles. The third-order valence-corrected chi connectivity index (χ3v) is 4.82. The van der Waals surface area contributed by atoms with Crippen LogP contribution in [0.15, 0.2) is 30.3 Å². The van der Waals surface area contributed by atoms with E-state index in [9.17, 15) is 15.2 Å². The van der Waals surface area contributed by atoms with Crippen molar-refractivity contribution in [2.75, 3.05) is 6.54 Å². The number of fused-ring (bicyclic) bond motifs is 1. The second-order valence-electron chi connectivity index (χ2n) is 7.32. The Hall–Kier alpha value is -2.81. The van der Waals surface area contributed by atoms with Crippen molar-refractivity contribution in [3.63, 3.8) is 0 Å². The molecule has 1 saturated heterocycles. The lowest BCUT2D eigenvalue weighted by molar-refractivity contribution is -0.121. The summed E-state index contributed by atoms with van der Waals surface area (Å²) in [4.78, 5) is 17.5. The molecule has 6 nitrogen and oxygen atoms in total. The molecule has 1 aromatic carbocycles. The van der Waals surface area contributed by atoms with Gasteiger partial charge in [0.25, 0.3) is 0 Å². The number of nitriles is 1. The van der Waals surface area contributed by atoms with Gasteiger partial charge in [-0.15, -0.1) is 0 Å². The van der Waals surface area contributed by atoms with E-state index in [1.807, 2.05) is 51.1 Å². The number of hydrogen-bond acceptors (Lipinski definition) is 4. The number of amides is 1. The number of aromatic nitrogens is 1. The number of benzene rings is 1. The zero-order valence-corrected chi connectivity index (χ0v) is 14.6. The largest absolute Gasteiger partial charge is 0.465 e. The monoisotopic (exact) mass is 339 g/mol. The molecular formula is C19H21N3O3. The van der Waals surface area contributed by atoms with Crippen molar-refractivity contribution in [1.29, 1.82) is 5.26 Å². The van der Waals surface area contributed by atoms with E-state index in [-0.39, 0.29) is 5.69 Å². The van der Waals surface area contributed by atoms with Gasteiger partial charge in [0, 0.05) is 23.8 Å². The van der Waals surface area contributed by atoms with Gasteiger partial charge in [0.1, 0.15) is 11.8 Å². The Bertz CT molecular complexity index is 866. The highest BCUT2D eigenvalue weighted by molar-refractivity contribution is 5.87. The van der Waals surface area contributed by atoms with Gasteiger partial charge >= 0.3 is 6.09 Å². The van der Waals surface area contributed by atoms with Gasteiger partial charge in [-0.2, -0.15) is 5.26 Å². The normalized spacial score (nSPS) is 20.5. The summed E-state index contributed by atoms with van der Waals surface area (Å²) in [6, 6.07) is 11.3. The van der Waals surface area contributed by atoms with E-state index in [0.717, 1.165) is 17.2 Å². The zero-order chi connectivity index (χ0) is 18.2. The molecule has 0 radical (unpaired) electrons. The number of hydrogen-bond donors (Lipinski definition) is 1. The van der Waals surface area contributed by atoms with Crippen molar-refractivity contribution < 1.29 is 14.6 Å². The maximum absolute atomic E-state index is 11.8. The first-order valence-corrected chi connectivity index (χ1v) is 8.28. The average molecular weight is 339 g/mol. The van der Waals surface area contributed by atoms with E-state index >= 15 is 0 Å². The molecule has 1 N–H and O–H groups in total. The van der Waals surface area contributed by atoms with Gasteiger partial charge in [-0.3, -0.25) is 4.90 Å². The fourth-order valence-electron chi connectivity index (χ4n) is 3.54. The lowest BCUT2D eigenvalue weighted by Crippen LogP contribution is -2.59. The summed E-state index contributed by atoms with van der Waals surface area (Å²) in [7, 11) is 0. The Kier molecular flexibility index (Phi) is 4.03. The molecule has 2 aromatic rings. The van der Waals surface area contributed by atoms with E-state index in [0.29, 0.717) is 18.8 Å². The Morgan fingerprint density at radius 1 is 1.40 bits per heavy atom. The predicted octanol–water partition coefficient (Wildman–Crippen LogP) is 4.00. The van der Waals surface area contributed by atoms with Crippen molar-refractivity contribution in [1.82, 2.24) is 9.88 Å². The summed E-state index contributed by atoms with van der Waals surface area (Å²) in [5.74, 6) is 0.303. The smallest absolute Gasteiger partial charge is 0.410 e. The summed E-state index contributed by atoms with van der Waals surface area (Å²) >= 11 is 0. The van der Waals surface area contributed by atoms with Crippen molar-refractivity contribution in [2.24, 2.45) is 5.41 Å². The molecule has 1 aliphatic heterocycles. The average Bonchev–Trinajstić information content (AvgIpc) is 2.99. The van der Waals surface area contributed by atoms with Crippen molar-refractivity contribution in [2.45, 2.75) is 39.3 Å². The van der Waals surface area contributed by atoms with Crippen LogP contribution in [0.2, 0.25) is 0 Å². The van der Waals surface area contributed by atoms with Gasteiger partial charge in [0.2, 0.25) is 5.88 Å². The van der Waals surface area contributed by atoms with Crippen LogP contribution in [0.1, 0.15) is 39.3 Å². The molecule has 1 atom stereocenters. The number of carbonyl (C=O) groups is 1. The number of pyridine rings is 1. The number of nitrogens with zero attached hydrogens (tertiary/aromatic N) is 3. The summed E-state index contributed by atoms with van der Waals surface area (Å²) in [6.45, 7) is 6.31. The second kappa shape index (κ2) is 5.92. The van der Waals surface area contributed by atoms with Crippen molar-refractivity contribution in [3.8, 4) is 11.9 Å². The molecule has 0 spiro atoms. The van der Waals surface area contributed by atoms with Crippen LogP contribution in [-0.4, -0.2) is 33.4 Å². The van der Waals surface area contributed by atoms with Crippen LogP contribution in [0.4, 0.5) is 4.79 Å². The number of carboxylic acid groups (broad SMARTS) is 1. The highest BCUT2D eigenvalue weighted by Crippen LogP contribution is 2.45. The summed E-state index contributed by atoms with van der Waals surface area (Å²) in [5.41, 5.74) is -1.24. The predicted molar refractivity (Wildman–Crippen MR) is 93.2 cm³/mol. The van der Waals surface area contributed by atoms with Crippen LogP contribution < -0.4 is 4.74 Å². The van der Waals surface area contributed by atoms with Crippen LogP contribution in [0.25, 0.3) is 10.8 Å². The molecule has 1 fully saturated rings. The number of ether oxygens (including phenoxy) is 1. The summed E-state index contributed by atoms with van der Waals surface area (Å²) < 4.78 is 6.34. The minimum absolute atomic E-state index is 0.248. The molecule has 0 saturated carbocycles. The Labute approximate surface area is 146 Å². The molecule has 0 bridgehead atoms. The van der Waals surface area contributed by atoms with Crippen LogP contribution in [0, 0.1) is 16.7 Å². The molecule has 1 unspecified atom stereocenters. The molecular weight excluding hydrogens is 318 g/mol. The SMILES string of the molecule is CC(C)(C)C1(Oc2nc(C#N)cc3ccccc23)CCCN1C(=O)O. The lowest BCUT2D eigenvalue weighted by atomic mass is 9.81. The van der Waals surface area contributed by atoms with E-state index in [1.165, 1.54) is 4.90 Å². The highest BCUT2D eigenvalue weighted by atomic mass is 16.5. The van der Waals surface area contributed by atoms with E-state index in [2.05, 4.69) is 4.98 Å². The van der Waals surface area contributed by atoms with Crippen LogP contribution >= 0.6 is 0 Å². The first-order chi connectivity index (χ1) is 11.8. The minimum Gasteiger partial charge on any atom is -0.465 e. The van der Waals surface area contributed by atoms with Gasteiger partial charge < -0.3 is 9.84 Å². The van der Waals surface area contributed by atoms with Crippen LogP contribution in [0.5, 0.6) is 5.88 Å². The minimum atomic E-state index is -1.03. The summed E-state index contributed by atoms with van der Waals surface area (Å²) in [6.07, 6.45) is 0.294. The third-order valence-electron chi connectivity index (χ3n) is 4.82.